The molecule has 0 heterocycles. The number of benzene rings is 1. The summed E-state index contributed by atoms with van der Waals surface area (Å²) in [6.45, 7) is 6.37. The Balaban J connectivity index is 1.63. The lowest BCUT2D eigenvalue weighted by Crippen LogP contribution is -2.50. The lowest BCUT2D eigenvalue weighted by Gasteiger charge is -2.26. The summed E-state index contributed by atoms with van der Waals surface area (Å²) in [5.41, 5.74) is 0.658. The van der Waals surface area contributed by atoms with Crippen LogP contribution in [0, 0.1) is 22.0 Å². The average Bonchev–Trinajstić information content (AvgIpc) is 3.26. The van der Waals surface area contributed by atoms with Crippen LogP contribution in [0.15, 0.2) is 29.3 Å². The number of hydrogen-bond donors (Lipinski definition) is 3. The van der Waals surface area contributed by atoms with E-state index in [0.29, 0.717) is 24.5 Å². The fourth-order valence-corrected chi connectivity index (χ4v) is 4.27. The highest BCUT2D eigenvalue weighted by atomic mass is 16.6. The summed E-state index contributed by atoms with van der Waals surface area (Å²) in [7, 11) is 0. The number of nitro benzene ring substituents is 1. The van der Waals surface area contributed by atoms with Gasteiger partial charge in [-0.1, -0.05) is 18.6 Å². The first-order valence-electron chi connectivity index (χ1n) is 10.3. The number of amides is 1. The van der Waals surface area contributed by atoms with Gasteiger partial charge in [-0.3, -0.25) is 14.9 Å². The molecule has 3 atom stereocenters. The van der Waals surface area contributed by atoms with Crippen LogP contribution in [0.2, 0.25) is 0 Å². The van der Waals surface area contributed by atoms with Crippen molar-refractivity contribution in [2.45, 2.75) is 64.6 Å². The fourth-order valence-electron chi connectivity index (χ4n) is 4.27. The summed E-state index contributed by atoms with van der Waals surface area (Å²) in [6.07, 6.45) is 5.00. The monoisotopic (exact) mass is 401 g/mol. The van der Waals surface area contributed by atoms with E-state index in [1.165, 1.54) is 31.4 Å². The van der Waals surface area contributed by atoms with Crippen LogP contribution in [-0.2, 0) is 11.3 Å². The number of aliphatic imine (C=N–C) groups is 1. The maximum atomic E-state index is 12.2. The van der Waals surface area contributed by atoms with Crippen molar-refractivity contribution in [3.8, 4) is 0 Å². The topological polar surface area (TPSA) is 109 Å². The zero-order valence-corrected chi connectivity index (χ0v) is 17.4. The van der Waals surface area contributed by atoms with Crippen LogP contribution >= 0.6 is 0 Å². The molecule has 3 N–H and O–H groups in total. The van der Waals surface area contributed by atoms with Crippen LogP contribution in [0.25, 0.3) is 0 Å². The lowest BCUT2D eigenvalue weighted by molar-refractivity contribution is -0.384. The highest BCUT2D eigenvalue weighted by molar-refractivity contribution is 5.86. The number of non-ortho nitro benzene ring substituents is 1. The Morgan fingerprint density at radius 1 is 1.21 bits per heavy atom. The van der Waals surface area contributed by atoms with E-state index in [9.17, 15) is 14.9 Å². The molecule has 8 heteroatoms. The van der Waals surface area contributed by atoms with E-state index in [4.69, 9.17) is 0 Å². The van der Waals surface area contributed by atoms with E-state index in [1.807, 2.05) is 20.8 Å². The molecule has 0 aliphatic heterocycles. The van der Waals surface area contributed by atoms with Crippen molar-refractivity contribution in [1.29, 1.82) is 0 Å². The van der Waals surface area contributed by atoms with E-state index in [1.54, 1.807) is 12.1 Å². The average molecular weight is 402 g/mol. The number of fused-ring (bicyclic) bond motifs is 2. The van der Waals surface area contributed by atoms with Crippen molar-refractivity contribution in [1.82, 2.24) is 16.0 Å². The van der Waals surface area contributed by atoms with Crippen molar-refractivity contribution in [3.05, 3.63) is 39.9 Å². The summed E-state index contributed by atoms with van der Waals surface area (Å²) >= 11 is 0. The van der Waals surface area contributed by atoms with Gasteiger partial charge in [0.05, 0.1) is 18.0 Å². The molecule has 0 saturated heterocycles. The molecule has 0 spiro atoms. The Labute approximate surface area is 171 Å². The molecular formula is C21H31N5O3. The molecule has 2 aliphatic carbocycles. The first-order chi connectivity index (χ1) is 13.7. The van der Waals surface area contributed by atoms with Gasteiger partial charge < -0.3 is 16.0 Å². The molecule has 1 amide bonds. The van der Waals surface area contributed by atoms with Gasteiger partial charge in [-0.2, -0.15) is 0 Å². The molecule has 1 aromatic carbocycles. The van der Waals surface area contributed by atoms with Gasteiger partial charge in [0, 0.05) is 23.7 Å². The number of guanidine groups is 1. The minimum absolute atomic E-state index is 0.0648. The normalized spacial score (nSPS) is 23.7. The second kappa shape index (κ2) is 8.80. The summed E-state index contributed by atoms with van der Waals surface area (Å²) < 4.78 is 0. The Morgan fingerprint density at radius 2 is 1.93 bits per heavy atom. The SMILES string of the molecule is CC(C)(C)NC(=O)CNC(=NCc1ccc([N+](=O)[O-])cc1)NC1CC2CCC1C2. The maximum absolute atomic E-state index is 12.2. The van der Waals surface area contributed by atoms with Gasteiger partial charge in [-0.25, -0.2) is 4.99 Å². The Kier molecular flexibility index (Phi) is 6.39. The Morgan fingerprint density at radius 3 is 2.48 bits per heavy atom. The molecule has 3 unspecified atom stereocenters. The van der Waals surface area contributed by atoms with E-state index >= 15 is 0 Å². The van der Waals surface area contributed by atoms with Gasteiger partial charge in [-0.05, 0) is 57.4 Å². The highest BCUT2D eigenvalue weighted by Gasteiger charge is 2.39. The van der Waals surface area contributed by atoms with E-state index in [2.05, 4.69) is 20.9 Å². The lowest BCUT2D eigenvalue weighted by atomic mass is 9.95. The van der Waals surface area contributed by atoms with Crippen molar-refractivity contribution in [2.75, 3.05) is 6.54 Å². The van der Waals surface area contributed by atoms with Gasteiger partial charge >= 0.3 is 0 Å². The second-order valence-electron chi connectivity index (χ2n) is 9.17. The number of nitrogens with one attached hydrogen (secondary N) is 3. The molecule has 2 aliphatic rings. The Bertz CT molecular complexity index is 770. The molecule has 2 fully saturated rings. The van der Waals surface area contributed by atoms with Crippen molar-refractivity contribution >= 4 is 17.6 Å². The van der Waals surface area contributed by atoms with E-state index in [-0.39, 0.29) is 23.7 Å². The third-order valence-electron chi connectivity index (χ3n) is 5.56. The van der Waals surface area contributed by atoms with Gasteiger partial charge in [-0.15, -0.1) is 0 Å². The summed E-state index contributed by atoms with van der Waals surface area (Å²) in [5.74, 6) is 2.01. The number of nitro groups is 1. The van der Waals surface area contributed by atoms with Crippen LogP contribution in [0.4, 0.5) is 5.69 Å². The molecule has 1 aromatic rings. The molecular weight excluding hydrogens is 370 g/mol. The number of carbonyl (C=O) groups is 1. The number of hydrogen-bond acceptors (Lipinski definition) is 4. The summed E-state index contributed by atoms with van der Waals surface area (Å²) in [4.78, 5) is 27.2. The molecule has 2 bridgehead atoms. The molecule has 0 radical (unpaired) electrons. The van der Waals surface area contributed by atoms with Gasteiger partial charge in [0.15, 0.2) is 5.96 Å². The third-order valence-corrected chi connectivity index (χ3v) is 5.56. The van der Waals surface area contributed by atoms with Crippen molar-refractivity contribution in [3.63, 3.8) is 0 Å². The predicted octanol–water partition coefficient (Wildman–Crippen LogP) is 2.73. The van der Waals surface area contributed by atoms with Crippen LogP contribution < -0.4 is 16.0 Å². The molecule has 8 nitrogen and oxygen atoms in total. The first kappa shape index (κ1) is 21.1. The van der Waals surface area contributed by atoms with Gasteiger partial charge in [0.25, 0.3) is 5.69 Å². The largest absolute Gasteiger partial charge is 0.353 e. The predicted molar refractivity (Wildman–Crippen MR) is 113 cm³/mol. The minimum Gasteiger partial charge on any atom is -0.353 e. The quantitative estimate of drug-likeness (QED) is 0.294. The zero-order chi connectivity index (χ0) is 21.0. The fraction of sp³-hybridized carbons (Fsp3) is 0.619. The molecule has 29 heavy (non-hydrogen) atoms. The van der Waals surface area contributed by atoms with E-state index in [0.717, 1.165) is 17.9 Å². The van der Waals surface area contributed by atoms with Gasteiger partial charge in [0.2, 0.25) is 5.91 Å². The van der Waals surface area contributed by atoms with Crippen molar-refractivity contribution < 1.29 is 9.72 Å². The summed E-state index contributed by atoms with van der Waals surface area (Å²) in [6, 6.07) is 6.78. The number of carbonyl (C=O) groups excluding carboxylic acids is 1. The standard InChI is InChI=1S/C21H31N5O3/c1-21(2,3)25-19(27)13-23-20(24-18-11-15-4-7-16(18)10-15)22-12-14-5-8-17(9-6-14)26(28)29/h5-6,8-9,15-16,18H,4,7,10-13H2,1-3H3,(H,25,27)(H2,22,23,24). The van der Waals surface area contributed by atoms with Crippen LogP contribution in [0.5, 0.6) is 0 Å². The number of nitrogens with zero attached hydrogens (tertiary/aromatic N) is 2. The molecule has 2 saturated carbocycles. The van der Waals surface area contributed by atoms with Crippen LogP contribution in [0.1, 0.15) is 52.0 Å². The van der Waals surface area contributed by atoms with Crippen molar-refractivity contribution in [2.24, 2.45) is 16.8 Å². The molecule has 158 valence electrons. The number of rotatable bonds is 6. The minimum atomic E-state index is -0.412. The van der Waals surface area contributed by atoms with E-state index < -0.39 is 4.92 Å². The molecule has 3 rings (SSSR count). The smallest absolute Gasteiger partial charge is 0.269 e. The Hall–Kier alpha value is -2.64. The molecule has 0 aromatic heterocycles. The summed E-state index contributed by atoms with van der Waals surface area (Å²) in [5, 5.41) is 20.4. The zero-order valence-electron chi connectivity index (χ0n) is 17.4. The highest BCUT2D eigenvalue weighted by Crippen LogP contribution is 2.44. The van der Waals surface area contributed by atoms with Crippen LogP contribution in [0.3, 0.4) is 0 Å². The second-order valence-corrected chi connectivity index (χ2v) is 9.17. The maximum Gasteiger partial charge on any atom is 0.269 e. The third kappa shape index (κ3) is 6.17. The van der Waals surface area contributed by atoms with Gasteiger partial charge in [0.1, 0.15) is 0 Å². The first-order valence-corrected chi connectivity index (χ1v) is 10.3. The van der Waals surface area contributed by atoms with Crippen LogP contribution in [-0.4, -0.2) is 34.9 Å².